The Labute approximate surface area is 227 Å². The van der Waals surface area contributed by atoms with Gasteiger partial charge in [0.1, 0.15) is 35.2 Å². The Kier molecular flexibility index (Phi) is 6.01. The fourth-order valence-corrected chi connectivity index (χ4v) is 5.54. The third-order valence-electron chi connectivity index (χ3n) is 7.48. The van der Waals surface area contributed by atoms with Gasteiger partial charge in [0, 0.05) is 29.5 Å². The molecule has 2 heterocycles. The molecule has 6 rings (SSSR count). The fraction of sp³-hybridized carbons (Fsp3) is 0.200. The first kappa shape index (κ1) is 25.5. The van der Waals surface area contributed by atoms with Crippen LogP contribution < -0.4 is 9.47 Å². The van der Waals surface area contributed by atoms with Gasteiger partial charge >= 0.3 is 0 Å². The van der Waals surface area contributed by atoms with Gasteiger partial charge in [-0.25, -0.2) is 0 Å². The van der Waals surface area contributed by atoms with Crippen LogP contribution in [0.3, 0.4) is 0 Å². The summed E-state index contributed by atoms with van der Waals surface area (Å²) in [6, 6.07) is 15.5. The van der Waals surface area contributed by atoms with Gasteiger partial charge in [0.25, 0.3) is 0 Å². The molecule has 0 bridgehead atoms. The molecule has 2 aliphatic rings. The van der Waals surface area contributed by atoms with E-state index >= 15 is 0 Å². The predicted octanol–water partition coefficient (Wildman–Crippen LogP) is 3.58. The normalized spacial score (nSPS) is 23.4. The minimum absolute atomic E-state index is 0.0907. The minimum Gasteiger partial charge on any atom is -0.508 e. The lowest BCUT2D eigenvalue weighted by atomic mass is 9.78. The van der Waals surface area contributed by atoms with E-state index in [1.807, 2.05) is 0 Å². The molecular formula is C30H26O10. The molecular weight excluding hydrogens is 520 g/mol. The Morgan fingerprint density at radius 1 is 0.600 bits per heavy atom. The van der Waals surface area contributed by atoms with E-state index in [2.05, 4.69) is 0 Å². The molecule has 0 amide bonds. The van der Waals surface area contributed by atoms with Crippen molar-refractivity contribution in [2.24, 2.45) is 0 Å². The molecule has 0 saturated carbocycles. The quantitative estimate of drug-likeness (QED) is 0.177. The average molecular weight is 547 g/mol. The van der Waals surface area contributed by atoms with Gasteiger partial charge in [0.05, 0.1) is 6.10 Å². The van der Waals surface area contributed by atoms with Crippen molar-refractivity contribution in [1.82, 2.24) is 0 Å². The highest BCUT2D eigenvalue weighted by atomic mass is 16.5. The van der Waals surface area contributed by atoms with Gasteiger partial charge in [-0.2, -0.15) is 0 Å². The molecule has 0 aromatic heterocycles. The van der Waals surface area contributed by atoms with Crippen LogP contribution in [0.5, 0.6) is 46.0 Å². The van der Waals surface area contributed by atoms with Crippen LogP contribution in [0, 0.1) is 0 Å². The maximum atomic E-state index is 11.7. The first-order chi connectivity index (χ1) is 19.1. The maximum Gasteiger partial charge on any atom is 0.157 e. The monoisotopic (exact) mass is 546 g/mol. The van der Waals surface area contributed by atoms with Crippen LogP contribution in [0.4, 0.5) is 0 Å². The summed E-state index contributed by atoms with van der Waals surface area (Å²) < 4.78 is 12.3. The molecule has 0 saturated heterocycles. The molecule has 4 aromatic rings. The summed E-state index contributed by atoms with van der Waals surface area (Å²) in [5, 5.41) is 83.6. The molecule has 206 valence electrons. The topological polar surface area (TPSA) is 180 Å². The van der Waals surface area contributed by atoms with Crippen LogP contribution in [0.1, 0.15) is 45.9 Å². The van der Waals surface area contributed by atoms with Crippen LogP contribution in [-0.2, 0) is 6.42 Å². The molecule has 4 aromatic carbocycles. The fourth-order valence-electron chi connectivity index (χ4n) is 5.54. The number of rotatable bonds is 3. The van der Waals surface area contributed by atoms with Gasteiger partial charge in [-0.15, -0.1) is 0 Å². The Morgan fingerprint density at radius 2 is 1.23 bits per heavy atom. The third kappa shape index (κ3) is 4.14. The van der Waals surface area contributed by atoms with E-state index in [-0.39, 0.29) is 52.2 Å². The zero-order valence-electron chi connectivity index (χ0n) is 20.8. The van der Waals surface area contributed by atoms with E-state index < -0.39 is 36.1 Å². The van der Waals surface area contributed by atoms with Crippen molar-refractivity contribution in [3.05, 3.63) is 94.5 Å². The minimum atomic E-state index is -1.34. The van der Waals surface area contributed by atoms with Crippen LogP contribution in [0.15, 0.2) is 66.7 Å². The lowest BCUT2D eigenvalue weighted by Gasteiger charge is -2.40. The van der Waals surface area contributed by atoms with E-state index in [0.717, 1.165) is 0 Å². The number of ether oxygens (including phenoxy) is 2. The molecule has 40 heavy (non-hydrogen) atoms. The zero-order chi connectivity index (χ0) is 28.3. The second-order valence-corrected chi connectivity index (χ2v) is 10.0. The molecule has 0 aliphatic carbocycles. The Morgan fingerprint density at radius 3 is 1.88 bits per heavy atom. The maximum absolute atomic E-state index is 11.7. The van der Waals surface area contributed by atoms with Crippen LogP contribution in [0.2, 0.25) is 0 Å². The number of phenols is 6. The summed E-state index contributed by atoms with van der Waals surface area (Å²) >= 11 is 0. The molecule has 10 nitrogen and oxygen atoms in total. The average Bonchev–Trinajstić information content (AvgIpc) is 2.92. The lowest BCUT2D eigenvalue weighted by Crippen LogP contribution is -2.36. The summed E-state index contributed by atoms with van der Waals surface area (Å²) in [5.41, 5.74) is 1.95. The van der Waals surface area contributed by atoms with Crippen molar-refractivity contribution in [3.63, 3.8) is 0 Å². The lowest BCUT2D eigenvalue weighted by molar-refractivity contribution is 0.00214. The molecule has 10 heteroatoms. The standard InChI is InChI=1S/C30H26O10/c31-16-4-5-17-24(12-16)39-30(15-2-7-19(33)22(36)10-15)27(38)25(17)26-20(34)8-3-14-11-23(37)28(40-29(14)26)13-1-6-18(32)21(35)9-13/h1-10,12,23,25,27-28,30-38H,11H2/t23-,25-,27-,28+,30+/m0/s1. The van der Waals surface area contributed by atoms with E-state index in [4.69, 9.17) is 9.47 Å². The Bertz CT molecular complexity index is 1620. The number of phenolic OH excluding ortho intramolecular Hbond substituents is 6. The van der Waals surface area contributed by atoms with Crippen molar-refractivity contribution in [1.29, 1.82) is 0 Å². The number of aliphatic hydroxyl groups excluding tert-OH is 2. The van der Waals surface area contributed by atoms with Gasteiger partial charge in [-0.1, -0.05) is 24.3 Å². The smallest absolute Gasteiger partial charge is 0.157 e. The van der Waals surface area contributed by atoms with Crippen LogP contribution in [0.25, 0.3) is 0 Å². The molecule has 0 unspecified atom stereocenters. The Balaban J connectivity index is 1.50. The van der Waals surface area contributed by atoms with Crippen molar-refractivity contribution >= 4 is 0 Å². The van der Waals surface area contributed by atoms with Gasteiger partial charge in [-0.05, 0) is 53.1 Å². The summed E-state index contributed by atoms with van der Waals surface area (Å²) in [5.74, 6) is -2.27. The zero-order valence-corrected chi connectivity index (χ0v) is 20.8. The highest BCUT2D eigenvalue weighted by Crippen LogP contribution is 2.53. The largest absolute Gasteiger partial charge is 0.508 e. The number of fused-ring (bicyclic) bond motifs is 2. The predicted molar refractivity (Wildman–Crippen MR) is 140 cm³/mol. The van der Waals surface area contributed by atoms with Gasteiger partial charge in [0.15, 0.2) is 29.1 Å². The molecule has 8 N–H and O–H groups in total. The summed E-state index contributed by atoms with van der Waals surface area (Å²) in [6.07, 6.45) is -4.29. The number of aromatic hydroxyl groups is 6. The first-order valence-corrected chi connectivity index (χ1v) is 12.5. The van der Waals surface area contributed by atoms with E-state index in [9.17, 15) is 40.9 Å². The second kappa shape index (κ2) is 9.44. The highest BCUT2D eigenvalue weighted by molar-refractivity contribution is 5.60. The Hall–Kier alpha value is -4.80. The summed E-state index contributed by atoms with van der Waals surface area (Å²) in [4.78, 5) is 0. The van der Waals surface area contributed by atoms with Crippen LogP contribution in [-0.4, -0.2) is 53.1 Å². The highest BCUT2D eigenvalue weighted by Gasteiger charge is 2.44. The van der Waals surface area contributed by atoms with Crippen LogP contribution >= 0.6 is 0 Å². The van der Waals surface area contributed by atoms with Crippen molar-refractivity contribution < 1.29 is 50.3 Å². The van der Waals surface area contributed by atoms with Gasteiger partial charge in [0.2, 0.25) is 0 Å². The number of hydrogen-bond donors (Lipinski definition) is 8. The summed E-state index contributed by atoms with van der Waals surface area (Å²) in [7, 11) is 0. The molecule has 0 spiro atoms. The number of aliphatic hydroxyl groups is 2. The third-order valence-corrected chi connectivity index (χ3v) is 7.48. The molecule has 5 atom stereocenters. The second-order valence-electron chi connectivity index (χ2n) is 10.0. The molecule has 0 radical (unpaired) electrons. The van der Waals surface area contributed by atoms with E-state index in [0.29, 0.717) is 22.3 Å². The SMILES string of the molecule is Oc1ccc2c(c1)O[C@H](c1ccc(O)c(O)c1)[C@@H](O)[C@@H]2c1c(O)ccc2c1O[C@H](c1ccc(O)c(O)c1)[C@@H](O)C2. The van der Waals surface area contributed by atoms with E-state index in [1.165, 1.54) is 54.6 Å². The molecule has 2 aliphatic heterocycles. The van der Waals surface area contributed by atoms with Gasteiger partial charge in [-0.3, -0.25) is 0 Å². The van der Waals surface area contributed by atoms with E-state index in [1.54, 1.807) is 12.1 Å². The molecule has 0 fully saturated rings. The van der Waals surface area contributed by atoms with Crippen molar-refractivity contribution in [3.8, 4) is 46.0 Å². The van der Waals surface area contributed by atoms with Gasteiger partial charge < -0.3 is 50.3 Å². The number of hydrogen-bond acceptors (Lipinski definition) is 10. The van der Waals surface area contributed by atoms with Crippen molar-refractivity contribution in [2.75, 3.05) is 0 Å². The first-order valence-electron chi connectivity index (χ1n) is 12.5. The van der Waals surface area contributed by atoms with Crippen molar-refractivity contribution in [2.45, 2.75) is 36.8 Å². The summed E-state index contributed by atoms with van der Waals surface area (Å²) in [6.45, 7) is 0. The number of benzene rings is 4.